The van der Waals surface area contributed by atoms with Crippen molar-refractivity contribution in [3.05, 3.63) is 29.8 Å². The third-order valence-corrected chi connectivity index (χ3v) is 5.30. The molecule has 1 aliphatic heterocycles. The molecule has 4 nitrogen and oxygen atoms in total. The van der Waals surface area contributed by atoms with Crippen LogP contribution in [-0.2, 0) is 4.74 Å². The molecule has 2 atom stereocenters. The molecule has 1 heterocycles. The third-order valence-electron chi connectivity index (χ3n) is 4.32. The zero-order valence-electron chi connectivity index (χ0n) is 14.4. The maximum atomic E-state index is 12.5. The van der Waals surface area contributed by atoms with Gasteiger partial charge in [-0.1, -0.05) is 12.1 Å². The molecule has 5 heteroatoms. The van der Waals surface area contributed by atoms with Crippen molar-refractivity contribution in [2.45, 2.75) is 31.9 Å². The summed E-state index contributed by atoms with van der Waals surface area (Å²) in [7, 11) is 0. The molecule has 0 aromatic heterocycles. The van der Waals surface area contributed by atoms with Crippen LogP contribution < -0.4 is 5.32 Å². The lowest BCUT2D eigenvalue weighted by molar-refractivity contribution is 0.0777. The van der Waals surface area contributed by atoms with Crippen LogP contribution in [0.3, 0.4) is 0 Å². The number of rotatable bonds is 6. The number of anilines is 1. The highest BCUT2D eigenvalue weighted by molar-refractivity contribution is 7.98. The van der Waals surface area contributed by atoms with Crippen molar-refractivity contribution in [3.8, 4) is 0 Å². The highest BCUT2D eigenvalue weighted by atomic mass is 32.2. The van der Waals surface area contributed by atoms with Crippen LogP contribution in [0.4, 0.5) is 10.5 Å². The fourth-order valence-electron chi connectivity index (χ4n) is 2.88. The summed E-state index contributed by atoms with van der Waals surface area (Å²) >= 11 is 1.80. The number of benzene rings is 1. The molecule has 0 bridgehead atoms. The van der Waals surface area contributed by atoms with Gasteiger partial charge in [0.1, 0.15) is 0 Å². The molecule has 1 saturated heterocycles. The highest BCUT2D eigenvalue weighted by Crippen LogP contribution is 2.27. The molecule has 1 aliphatic rings. The van der Waals surface area contributed by atoms with Gasteiger partial charge in [0.05, 0.1) is 6.61 Å². The first-order valence-corrected chi connectivity index (χ1v) is 9.69. The molecule has 1 aromatic carbocycles. The second kappa shape index (κ2) is 9.18. The maximum absolute atomic E-state index is 12.5. The normalized spacial score (nSPS) is 19.4. The number of amides is 2. The number of nitrogens with zero attached hydrogens (tertiary/aromatic N) is 1. The van der Waals surface area contributed by atoms with E-state index in [1.165, 1.54) is 5.56 Å². The SMILES string of the molecule is CCOCC1CCCN(C(=O)Nc2cccc(C(C)SC)c2)C1. The van der Waals surface area contributed by atoms with Crippen LogP contribution in [0.1, 0.15) is 37.5 Å². The lowest BCUT2D eigenvalue weighted by atomic mass is 9.99. The van der Waals surface area contributed by atoms with Gasteiger partial charge in [-0.3, -0.25) is 0 Å². The van der Waals surface area contributed by atoms with E-state index in [0.717, 1.165) is 44.8 Å². The van der Waals surface area contributed by atoms with Gasteiger partial charge in [-0.05, 0) is 50.6 Å². The van der Waals surface area contributed by atoms with Gasteiger partial charge in [0, 0.05) is 36.6 Å². The number of ether oxygens (including phenoxy) is 1. The van der Waals surface area contributed by atoms with E-state index in [2.05, 4.69) is 30.6 Å². The Morgan fingerprint density at radius 3 is 3.09 bits per heavy atom. The molecule has 2 amide bonds. The summed E-state index contributed by atoms with van der Waals surface area (Å²) in [4.78, 5) is 14.4. The second-order valence-corrected chi connectivity index (χ2v) is 7.23. The number of carbonyl (C=O) groups is 1. The number of carbonyl (C=O) groups excluding carboxylic acids is 1. The Labute approximate surface area is 144 Å². The predicted molar refractivity (Wildman–Crippen MR) is 98.2 cm³/mol. The number of hydrogen-bond acceptors (Lipinski definition) is 3. The lowest BCUT2D eigenvalue weighted by Crippen LogP contribution is -2.43. The van der Waals surface area contributed by atoms with E-state index in [4.69, 9.17) is 4.74 Å². The molecule has 1 aromatic rings. The summed E-state index contributed by atoms with van der Waals surface area (Å²) < 4.78 is 5.51. The molecule has 1 N–H and O–H groups in total. The Hall–Kier alpha value is -1.20. The minimum atomic E-state index is 0.000142. The molecular formula is C18H28N2O2S. The van der Waals surface area contributed by atoms with E-state index < -0.39 is 0 Å². The number of likely N-dealkylation sites (tertiary alicyclic amines) is 1. The van der Waals surface area contributed by atoms with E-state index in [9.17, 15) is 4.79 Å². The van der Waals surface area contributed by atoms with Gasteiger partial charge in [-0.2, -0.15) is 11.8 Å². The Bertz CT molecular complexity index is 510. The number of hydrogen-bond donors (Lipinski definition) is 1. The lowest BCUT2D eigenvalue weighted by Gasteiger charge is -2.32. The van der Waals surface area contributed by atoms with Gasteiger partial charge in [0.15, 0.2) is 0 Å². The van der Waals surface area contributed by atoms with Gasteiger partial charge in [0.2, 0.25) is 0 Å². The van der Waals surface area contributed by atoms with Crippen molar-refractivity contribution in [2.75, 3.05) is 37.9 Å². The summed E-state index contributed by atoms with van der Waals surface area (Å²) in [6.45, 7) is 7.29. The number of thioether (sulfide) groups is 1. The summed E-state index contributed by atoms with van der Waals surface area (Å²) in [6.07, 6.45) is 4.29. The van der Waals surface area contributed by atoms with Crippen molar-refractivity contribution in [2.24, 2.45) is 5.92 Å². The van der Waals surface area contributed by atoms with Gasteiger partial charge >= 0.3 is 6.03 Å². The van der Waals surface area contributed by atoms with Crippen molar-refractivity contribution in [1.29, 1.82) is 0 Å². The summed E-state index contributed by atoms with van der Waals surface area (Å²) in [5, 5.41) is 3.47. The molecular weight excluding hydrogens is 308 g/mol. The van der Waals surface area contributed by atoms with Crippen LogP contribution in [0.25, 0.3) is 0 Å². The van der Waals surface area contributed by atoms with Crippen LogP contribution in [0.5, 0.6) is 0 Å². The van der Waals surface area contributed by atoms with Crippen LogP contribution in [0.2, 0.25) is 0 Å². The Morgan fingerprint density at radius 1 is 1.52 bits per heavy atom. The van der Waals surface area contributed by atoms with Crippen LogP contribution in [-0.4, -0.2) is 43.5 Å². The topological polar surface area (TPSA) is 41.6 Å². The van der Waals surface area contributed by atoms with Gasteiger partial charge in [-0.25, -0.2) is 4.79 Å². The van der Waals surface area contributed by atoms with Gasteiger partial charge < -0.3 is 15.0 Å². The molecule has 0 spiro atoms. The molecule has 2 rings (SSSR count). The first-order valence-electron chi connectivity index (χ1n) is 8.40. The molecule has 1 fully saturated rings. The minimum absolute atomic E-state index is 0.000142. The van der Waals surface area contributed by atoms with E-state index >= 15 is 0 Å². The first kappa shape index (κ1) is 18.1. The number of urea groups is 1. The zero-order chi connectivity index (χ0) is 16.7. The van der Waals surface area contributed by atoms with E-state index in [0.29, 0.717) is 11.2 Å². The average molecular weight is 337 g/mol. The number of piperidine rings is 1. The first-order chi connectivity index (χ1) is 11.1. The summed E-state index contributed by atoms with van der Waals surface area (Å²) in [5.74, 6) is 0.456. The molecule has 0 radical (unpaired) electrons. The van der Waals surface area contributed by atoms with Crippen molar-refractivity contribution in [1.82, 2.24) is 4.90 Å². The summed E-state index contributed by atoms with van der Waals surface area (Å²) in [5.41, 5.74) is 2.11. The standard InChI is InChI=1S/C18H28N2O2S/c1-4-22-13-15-7-6-10-20(12-15)18(21)19-17-9-5-8-16(11-17)14(2)23-3/h5,8-9,11,14-15H,4,6-7,10,12-13H2,1-3H3,(H,19,21). The molecule has 0 saturated carbocycles. The molecule has 2 unspecified atom stereocenters. The third kappa shape index (κ3) is 5.43. The molecule has 128 valence electrons. The highest BCUT2D eigenvalue weighted by Gasteiger charge is 2.23. The monoisotopic (exact) mass is 336 g/mol. The van der Waals surface area contributed by atoms with E-state index in [1.807, 2.05) is 24.0 Å². The largest absolute Gasteiger partial charge is 0.381 e. The number of nitrogens with one attached hydrogen (secondary N) is 1. The Kier molecular flexibility index (Phi) is 7.24. The molecule has 23 heavy (non-hydrogen) atoms. The second-order valence-electron chi connectivity index (χ2n) is 6.05. The van der Waals surface area contributed by atoms with Gasteiger partial charge in [-0.15, -0.1) is 0 Å². The van der Waals surface area contributed by atoms with Crippen molar-refractivity contribution >= 4 is 23.5 Å². The summed E-state index contributed by atoms with van der Waals surface area (Å²) in [6, 6.07) is 8.14. The zero-order valence-corrected chi connectivity index (χ0v) is 15.2. The minimum Gasteiger partial charge on any atom is -0.381 e. The van der Waals surface area contributed by atoms with Crippen LogP contribution >= 0.6 is 11.8 Å². The van der Waals surface area contributed by atoms with Gasteiger partial charge in [0.25, 0.3) is 0 Å². The Morgan fingerprint density at radius 2 is 2.35 bits per heavy atom. The van der Waals surface area contributed by atoms with E-state index in [-0.39, 0.29) is 6.03 Å². The molecule has 0 aliphatic carbocycles. The maximum Gasteiger partial charge on any atom is 0.321 e. The van der Waals surface area contributed by atoms with Crippen molar-refractivity contribution in [3.63, 3.8) is 0 Å². The van der Waals surface area contributed by atoms with Crippen molar-refractivity contribution < 1.29 is 9.53 Å². The smallest absolute Gasteiger partial charge is 0.321 e. The fraction of sp³-hybridized carbons (Fsp3) is 0.611. The predicted octanol–water partition coefficient (Wildman–Crippen LogP) is 4.39. The fourth-order valence-corrected chi connectivity index (χ4v) is 3.30. The average Bonchev–Trinajstić information content (AvgIpc) is 2.59. The van der Waals surface area contributed by atoms with Crippen LogP contribution in [0.15, 0.2) is 24.3 Å². The quantitative estimate of drug-likeness (QED) is 0.837. The van der Waals surface area contributed by atoms with E-state index in [1.54, 1.807) is 11.8 Å². The Balaban J connectivity index is 1.93. The van der Waals surface area contributed by atoms with Crippen LogP contribution in [0, 0.1) is 5.92 Å².